The maximum Gasteiger partial charge on any atom is 0.231 e. The van der Waals surface area contributed by atoms with E-state index in [0.717, 1.165) is 17.1 Å². The molecular formula is C16H21NO4. The number of fused-ring (bicyclic) bond motifs is 1. The number of amides is 1. The van der Waals surface area contributed by atoms with Gasteiger partial charge in [-0.15, -0.1) is 0 Å². The largest absolute Gasteiger partial charge is 0.454 e. The van der Waals surface area contributed by atoms with Gasteiger partial charge in [-0.1, -0.05) is 6.07 Å². The highest BCUT2D eigenvalue weighted by atomic mass is 16.7. The van der Waals surface area contributed by atoms with Crippen molar-refractivity contribution >= 4 is 5.91 Å². The van der Waals surface area contributed by atoms with E-state index in [1.165, 1.54) is 0 Å². The third-order valence-corrected chi connectivity index (χ3v) is 4.02. The van der Waals surface area contributed by atoms with Gasteiger partial charge >= 0.3 is 0 Å². The van der Waals surface area contributed by atoms with Crippen LogP contribution in [0, 0.1) is 0 Å². The Morgan fingerprint density at radius 3 is 2.67 bits per heavy atom. The van der Waals surface area contributed by atoms with Crippen LogP contribution in [-0.2, 0) is 16.0 Å². The molecule has 3 rings (SSSR count). The van der Waals surface area contributed by atoms with Crippen molar-refractivity contribution in [2.24, 2.45) is 0 Å². The zero-order chi connectivity index (χ0) is 14.8. The molecule has 0 aromatic heterocycles. The van der Waals surface area contributed by atoms with Crippen molar-refractivity contribution in [3.63, 3.8) is 0 Å². The smallest absolute Gasteiger partial charge is 0.231 e. The fourth-order valence-electron chi connectivity index (χ4n) is 2.97. The molecule has 2 heterocycles. The number of carbonyl (C=O) groups is 1. The highest BCUT2D eigenvalue weighted by molar-refractivity contribution is 5.77. The molecule has 2 aliphatic rings. The molecule has 0 spiro atoms. The fourth-order valence-corrected chi connectivity index (χ4v) is 2.97. The van der Waals surface area contributed by atoms with Crippen LogP contribution in [-0.4, -0.2) is 42.9 Å². The molecule has 2 atom stereocenters. The standard InChI is InChI=1S/C16H21NO4/c1-11-8-19-9-12(2)17(11)16(18)6-4-13-3-5-14-15(7-13)21-10-20-14/h3,5,7,11-12H,4,6,8-10H2,1-2H3. The number of morpholine rings is 1. The van der Waals surface area contributed by atoms with Gasteiger partial charge in [-0.3, -0.25) is 4.79 Å². The first kappa shape index (κ1) is 14.2. The normalized spacial score (nSPS) is 24.2. The van der Waals surface area contributed by atoms with Crippen LogP contribution >= 0.6 is 0 Å². The zero-order valence-electron chi connectivity index (χ0n) is 12.5. The van der Waals surface area contributed by atoms with Gasteiger partial charge in [0.05, 0.1) is 25.3 Å². The third kappa shape index (κ3) is 2.97. The SMILES string of the molecule is CC1COCC(C)N1C(=O)CCc1ccc2c(c1)OCO2. The average molecular weight is 291 g/mol. The average Bonchev–Trinajstić information content (AvgIpc) is 2.92. The maximum atomic E-state index is 12.4. The number of nitrogens with zero attached hydrogens (tertiary/aromatic N) is 1. The number of hydrogen-bond donors (Lipinski definition) is 0. The molecule has 1 amide bonds. The van der Waals surface area contributed by atoms with Crippen molar-refractivity contribution in [2.45, 2.75) is 38.8 Å². The Kier molecular flexibility index (Phi) is 4.01. The monoisotopic (exact) mass is 291 g/mol. The summed E-state index contributed by atoms with van der Waals surface area (Å²) in [5.41, 5.74) is 1.10. The maximum absolute atomic E-state index is 12.4. The number of rotatable bonds is 3. The Morgan fingerprint density at radius 2 is 1.90 bits per heavy atom. The number of ether oxygens (including phenoxy) is 3. The van der Waals surface area contributed by atoms with Crippen LogP contribution in [0.15, 0.2) is 18.2 Å². The van der Waals surface area contributed by atoms with Gasteiger partial charge in [-0.2, -0.15) is 0 Å². The first-order valence-electron chi connectivity index (χ1n) is 7.42. The van der Waals surface area contributed by atoms with Crippen molar-refractivity contribution in [1.29, 1.82) is 0 Å². The molecule has 1 aromatic rings. The highest BCUT2D eigenvalue weighted by Crippen LogP contribution is 2.32. The lowest BCUT2D eigenvalue weighted by Gasteiger charge is -2.38. The molecule has 1 saturated heterocycles. The van der Waals surface area contributed by atoms with Gasteiger partial charge < -0.3 is 19.1 Å². The van der Waals surface area contributed by atoms with Crippen LogP contribution in [0.5, 0.6) is 11.5 Å². The van der Waals surface area contributed by atoms with Crippen molar-refractivity contribution in [3.05, 3.63) is 23.8 Å². The van der Waals surface area contributed by atoms with Crippen molar-refractivity contribution in [2.75, 3.05) is 20.0 Å². The molecule has 0 radical (unpaired) electrons. The van der Waals surface area contributed by atoms with Gasteiger partial charge in [0.2, 0.25) is 12.7 Å². The van der Waals surface area contributed by atoms with E-state index < -0.39 is 0 Å². The van der Waals surface area contributed by atoms with Crippen LogP contribution in [0.25, 0.3) is 0 Å². The van der Waals surface area contributed by atoms with E-state index in [-0.39, 0.29) is 24.8 Å². The van der Waals surface area contributed by atoms with E-state index >= 15 is 0 Å². The molecule has 0 aliphatic carbocycles. The molecule has 1 fully saturated rings. The van der Waals surface area contributed by atoms with E-state index in [4.69, 9.17) is 14.2 Å². The highest BCUT2D eigenvalue weighted by Gasteiger charge is 2.29. The van der Waals surface area contributed by atoms with Crippen LogP contribution in [0.3, 0.4) is 0 Å². The summed E-state index contributed by atoms with van der Waals surface area (Å²) in [5, 5.41) is 0. The van der Waals surface area contributed by atoms with Crippen LogP contribution < -0.4 is 9.47 Å². The minimum atomic E-state index is 0.151. The zero-order valence-corrected chi connectivity index (χ0v) is 12.5. The lowest BCUT2D eigenvalue weighted by Crippen LogP contribution is -2.52. The number of benzene rings is 1. The summed E-state index contributed by atoms with van der Waals surface area (Å²) < 4.78 is 16.1. The second-order valence-corrected chi connectivity index (χ2v) is 5.72. The second kappa shape index (κ2) is 5.93. The molecular weight excluding hydrogens is 270 g/mol. The van der Waals surface area contributed by atoms with Crippen LogP contribution in [0.4, 0.5) is 0 Å². The van der Waals surface area contributed by atoms with Crippen LogP contribution in [0.1, 0.15) is 25.8 Å². The summed E-state index contributed by atoms with van der Waals surface area (Å²) >= 11 is 0. The predicted octanol–water partition coefficient (Wildman–Crippen LogP) is 1.98. The molecule has 5 heteroatoms. The summed E-state index contributed by atoms with van der Waals surface area (Å²) in [7, 11) is 0. The van der Waals surface area contributed by atoms with Crippen molar-refractivity contribution in [1.82, 2.24) is 4.90 Å². The Balaban J connectivity index is 1.60. The molecule has 0 N–H and O–H groups in total. The quantitative estimate of drug-likeness (QED) is 0.854. The molecule has 1 aromatic carbocycles. The molecule has 0 saturated carbocycles. The van der Waals surface area contributed by atoms with Crippen LogP contribution in [0.2, 0.25) is 0 Å². The second-order valence-electron chi connectivity index (χ2n) is 5.72. The summed E-state index contributed by atoms with van der Waals surface area (Å²) in [6, 6.07) is 6.16. The van der Waals surface area contributed by atoms with Gasteiger partial charge in [-0.05, 0) is 38.0 Å². The Labute approximate surface area is 124 Å². The van der Waals surface area contributed by atoms with Gasteiger partial charge in [0.25, 0.3) is 0 Å². The summed E-state index contributed by atoms with van der Waals surface area (Å²) in [6.45, 7) is 5.60. The van der Waals surface area contributed by atoms with E-state index in [2.05, 4.69) is 0 Å². The minimum Gasteiger partial charge on any atom is -0.454 e. The van der Waals surface area contributed by atoms with E-state index in [1.54, 1.807) is 0 Å². The number of hydrogen-bond acceptors (Lipinski definition) is 4. The summed E-state index contributed by atoms with van der Waals surface area (Å²) in [5.74, 6) is 1.74. The lowest BCUT2D eigenvalue weighted by molar-refractivity contribution is -0.144. The van der Waals surface area contributed by atoms with E-state index in [1.807, 2.05) is 36.9 Å². The minimum absolute atomic E-state index is 0.151. The van der Waals surface area contributed by atoms with Gasteiger partial charge in [0, 0.05) is 6.42 Å². The first-order chi connectivity index (χ1) is 10.1. The first-order valence-corrected chi connectivity index (χ1v) is 7.42. The fraction of sp³-hybridized carbons (Fsp3) is 0.562. The number of carbonyl (C=O) groups excluding carboxylic acids is 1. The van der Waals surface area contributed by atoms with E-state index in [9.17, 15) is 4.79 Å². The van der Waals surface area contributed by atoms with Gasteiger partial charge in [-0.25, -0.2) is 0 Å². The molecule has 2 aliphatic heterocycles. The van der Waals surface area contributed by atoms with Gasteiger partial charge in [0.15, 0.2) is 11.5 Å². The molecule has 21 heavy (non-hydrogen) atoms. The lowest BCUT2D eigenvalue weighted by atomic mass is 10.1. The molecule has 2 unspecified atom stereocenters. The summed E-state index contributed by atoms with van der Waals surface area (Å²) in [6.07, 6.45) is 1.22. The predicted molar refractivity (Wildman–Crippen MR) is 77.5 cm³/mol. The van der Waals surface area contributed by atoms with E-state index in [0.29, 0.717) is 26.1 Å². The Hall–Kier alpha value is -1.75. The molecule has 0 bridgehead atoms. The van der Waals surface area contributed by atoms with Crippen molar-refractivity contribution < 1.29 is 19.0 Å². The Bertz CT molecular complexity index is 521. The third-order valence-electron chi connectivity index (χ3n) is 4.02. The van der Waals surface area contributed by atoms with Crippen molar-refractivity contribution in [3.8, 4) is 11.5 Å². The Morgan fingerprint density at radius 1 is 1.19 bits per heavy atom. The summed E-state index contributed by atoms with van der Waals surface area (Å²) in [4.78, 5) is 14.4. The number of aryl methyl sites for hydroxylation is 1. The molecule has 114 valence electrons. The topological polar surface area (TPSA) is 48.0 Å². The van der Waals surface area contributed by atoms with Gasteiger partial charge in [0.1, 0.15) is 0 Å². The molecule has 5 nitrogen and oxygen atoms in total.